The molecule has 1 saturated heterocycles. The number of amides is 1. The number of nitrogens with zero attached hydrogens (tertiary/aromatic N) is 4. The summed E-state index contributed by atoms with van der Waals surface area (Å²) >= 11 is 1.18. The van der Waals surface area contributed by atoms with Crippen molar-refractivity contribution in [2.45, 2.75) is 24.1 Å². The molecule has 140 valence electrons. The van der Waals surface area contributed by atoms with Crippen LogP contribution in [0.25, 0.3) is 0 Å². The maximum atomic E-state index is 12.6. The number of hydrogen-bond donors (Lipinski definition) is 0. The smallest absolute Gasteiger partial charge is 0.274 e. The van der Waals surface area contributed by atoms with Crippen LogP contribution in [0, 0.1) is 0 Å². The number of rotatable bonds is 5. The molecule has 3 rings (SSSR count). The summed E-state index contributed by atoms with van der Waals surface area (Å²) in [4.78, 5) is 25.9. The van der Waals surface area contributed by atoms with Gasteiger partial charge in [-0.1, -0.05) is 13.0 Å². The minimum absolute atomic E-state index is 0.201. The molecule has 2 aromatic heterocycles. The lowest BCUT2D eigenvalue weighted by Gasteiger charge is -2.33. The maximum Gasteiger partial charge on any atom is 0.274 e. The molecule has 10 heteroatoms. The highest BCUT2D eigenvalue weighted by molar-refractivity contribution is 7.91. The predicted octanol–water partition coefficient (Wildman–Crippen LogP) is 0.862. The molecule has 3 heterocycles. The summed E-state index contributed by atoms with van der Waals surface area (Å²) in [7, 11) is -3.50. The Labute approximate surface area is 155 Å². The Morgan fingerprint density at radius 3 is 2.54 bits per heavy atom. The molecule has 0 spiro atoms. The maximum absolute atomic E-state index is 12.6. The van der Waals surface area contributed by atoms with Gasteiger partial charge in [0.25, 0.3) is 21.5 Å². The molecule has 8 nitrogen and oxygen atoms in total. The van der Waals surface area contributed by atoms with Gasteiger partial charge in [-0.25, -0.2) is 13.1 Å². The van der Waals surface area contributed by atoms with Crippen LogP contribution in [0.5, 0.6) is 0 Å². The van der Waals surface area contributed by atoms with Crippen LogP contribution in [0.3, 0.4) is 0 Å². The number of hydrogen-bond acceptors (Lipinski definition) is 6. The largest absolute Gasteiger partial charge is 0.335 e. The average Bonchev–Trinajstić information content (AvgIpc) is 3.19. The molecule has 0 saturated carbocycles. The molecule has 0 radical (unpaired) electrons. The van der Waals surface area contributed by atoms with Crippen LogP contribution in [0.2, 0.25) is 0 Å². The first kappa shape index (κ1) is 18.7. The number of carbonyl (C=O) groups excluding carboxylic acids is 1. The molecule has 0 aromatic carbocycles. The van der Waals surface area contributed by atoms with Gasteiger partial charge in [0.2, 0.25) is 0 Å². The third-order valence-electron chi connectivity index (χ3n) is 4.14. The summed E-state index contributed by atoms with van der Waals surface area (Å²) in [6, 6.07) is 6.05. The van der Waals surface area contributed by atoms with E-state index >= 15 is 0 Å². The van der Waals surface area contributed by atoms with Crippen LogP contribution in [-0.4, -0.2) is 59.5 Å². The summed E-state index contributed by atoms with van der Waals surface area (Å²) in [6.07, 6.45) is 0.740. The Bertz CT molecular complexity index is 929. The van der Waals surface area contributed by atoms with Crippen molar-refractivity contribution in [2.75, 3.05) is 26.2 Å². The molecule has 0 bridgehead atoms. The monoisotopic (exact) mass is 396 g/mol. The number of sulfonamides is 1. The molecule has 0 atom stereocenters. The summed E-state index contributed by atoms with van der Waals surface area (Å²) in [5.41, 5.74) is -0.0390. The van der Waals surface area contributed by atoms with E-state index in [-0.39, 0.29) is 43.3 Å². The molecule has 1 aliphatic rings. The lowest BCUT2D eigenvalue weighted by molar-refractivity contribution is 0.0689. The highest BCUT2D eigenvalue weighted by Crippen LogP contribution is 2.22. The second-order valence-corrected chi connectivity index (χ2v) is 9.02. The molecular formula is C16H20N4O4S2. The van der Waals surface area contributed by atoms with Gasteiger partial charge < -0.3 is 4.90 Å². The molecule has 1 fully saturated rings. The number of carbonyl (C=O) groups is 1. The molecule has 26 heavy (non-hydrogen) atoms. The van der Waals surface area contributed by atoms with Gasteiger partial charge in [-0.2, -0.15) is 9.40 Å². The third-order valence-corrected chi connectivity index (χ3v) is 7.41. The molecular weight excluding hydrogens is 376 g/mol. The highest BCUT2D eigenvalue weighted by atomic mass is 32.2. The standard InChI is InChI=1S/C16H20N4O4S2/c1-2-7-20-14(21)6-5-13(17-20)16(22)18-8-10-19(11-9-18)26(23,24)15-4-3-12-25-15/h3-6,12H,2,7-11H2,1H3. The summed E-state index contributed by atoms with van der Waals surface area (Å²) in [6.45, 7) is 3.43. The van der Waals surface area contributed by atoms with E-state index in [1.807, 2.05) is 6.92 Å². The fourth-order valence-electron chi connectivity index (χ4n) is 2.77. The van der Waals surface area contributed by atoms with Crippen molar-refractivity contribution in [3.8, 4) is 0 Å². The number of aryl methyl sites for hydroxylation is 1. The van der Waals surface area contributed by atoms with Gasteiger partial charge in [-0.05, 0) is 23.9 Å². The van der Waals surface area contributed by atoms with Crippen molar-refractivity contribution in [1.29, 1.82) is 0 Å². The zero-order valence-electron chi connectivity index (χ0n) is 14.4. The van der Waals surface area contributed by atoms with E-state index in [0.29, 0.717) is 10.8 Å². The van der Waals surface area contributed by atoms with E-state index in [1.54, 1.807) is 22.4 Å². The zero-order valence-corrected chi connectivity index (χ0v) is 16.0. The normalized spacial score (nSPS) is 16.0. The minimum Gasteiger partial charge on any atom is -0.335 e. The van der Waals surface area contributed by atoms with E-state index in [1.165, 1.54) is 32.5 Å². The summed E-state index contributed by atoms with van der Waals surface area (Å²) in [5.74, 6) is -0.289. The van der Waals surface area contributed by atoms with Crippen LogP contribution >= 0.6 is 11.3 Å². The Balaban J connectivity index is 1.69. The van der Waals surface area contributed by atoms with Crippen LogP contribution in [0.15, 0.2) is 38.6 Å². The molecule has 1 aliphatic heterocycles. The van der Waals surface area contributed by atoms with E-state index in [0.717, 1.165) is 6.42 Å². The molecule has 0 unspecified atom stereocenters. The van der Waals surface area contributed by atoms with Crippen molar-refractivity contribution in [1.82, 2.24) is 19.0 Å². The highest BCUT2D eigenvalue weighted by Gasteiger charge is 2.31. The zero-order chi connectivity index (χ0) is 18.7. The average molecular weight is 396 g/mol. The number of piperazine rings is 1. The van der Waals surface area contributed by atoms with Crippen molar-refractivity contribution in [3.05, 3.63) is 45.7 Å². The molecule has 0 aliphatic carbocycles. The van der Waals surface area contributed by atoms with Gasteiger partial charge in [0.15, 0.2) is 0 Å². The lowest BCUT2D eigenvalue weighted by Crippen LogP contribution is -2.50. The first-order chi connectivity index (χ1) is 12.4. The topological polar surface area (TPSA) is 92.6 Å². The molecule has 2 aromatic rings. The van der Waals surface area contributed by atoms with Gasteiger partial charge in [-0.3, -0.25) is 9.59 Å². The van der Waals surface area contributed by atoms with Gasteiger partial charge in [-0.15, -0.1) is 11.3 Å². The van der Waals surface area contributed by atoms with E-state index in [4.69, 9.17) is 0 Å². The number of aromatic nitrogens is 2. The van der Waals surface area contributed by atoms with Crippen LogP contribution < -0.4 is 5.56 Å². The van der Waals surface area contributed by atoms with Gasteiger partial charge in [0, 0.05) is 38.8 Å². The minimum atomic E-state index is -3.50. The first-order valence-electron chi connectivity index (χ1n) is 8.34. The SMILES string of the molecule is CCCn1nc(C(=O)N2CCN(S(=O)(=O)c3cccs3)CC2)ccc1=O. The summed E-state index contributed by atoms with van der Waals surface area (Å²) in [5, 5.41) is 5.85. The fraction of sp³-hybridized carbons (Fsp3) is 0.438. The van der Waals surface area contributed by atoms with E-state index in [2.05, 4.69) is 5.10 Å². The van der Waals surface area contributed by atoms with Gasteiger partial charge in [0.1, 0.15) is 9.90 Å². The molecule has 0 N–H and O–H groups in total. The van der Waals surface area contributed by atoms with E-state index in [9.17, 15) is 18.0 Å². The van der Waals surface area contributed by atoms with Crippen LogP contribution in [0.1, 0.15) is 23.8 Å². The third kappa shape index (κ3) is 3.71. The predicted molar refractivity (Wildman–Crippen MR) is 97.8 cm³/mol. The van der Waals surface area contributed by atoms with Gasteiger partial charge >= 0.3 is 0 Å². The quantitative estimate of drug-likeness (QED) is 0.747. The second kappa shape index (κ2) is 7.68. The Kier molecular flexibility index (Phi) is 5.54. The van der Waals surface area contributed by atoms with Crippen molar-refractivity contribution >= 4 is 27.3 Å². The molecule has 1 amide bonds. The second-order valence-electron chi connectivity index (χ2n) is 5.91. The van der Waals surface area contributed by atoms with Crippen molar-refractivity contribution < 1.29 is 13.2 Å². The Hall–Kier alpha value is -2.04. The lowest BCUT2D eigenvalue weighted by atomic mass is 10.3. The fourth-order valence-corrected chi connectivity index (χ4v) is 5.33. The van der Waals surface area contributed by atoms with E-state index < -0.39 is 10.0 Å². The number of thiophene rings is 1. The summed E-state index contributed by atoms with van der Waals surface area (Å²) < 4.78 is 28.1. The van der Waals surface area contributed by atoms with Crippen LogP contribution in [0.4, 0.5) is 0 Å². The van der Waals surface area contributed by atoms with Crippen LogP contribution in [-0.2, 0) is 16.6 Å². The Morgan fingerprint density at radius 1 is 1.19 bits per heavy atom. The van der Waals surface area contributed by atoms with Crippen molar-refractivity contribution in [2.24, 2.45) is 0 Å². The van der Waals surface area contributed by atoms with Gasteiger partial charge in [0.05, 0.1) is 0 Å². The van der Waals surface area contributed by atoms with Crippen molar-refractivity contribution in [3.63, 3.8) is 0 Å². The first-order valence-corrected chi connectivity index (χ1v) is 10.7. The Morgan fingerprint density at radius 2 is 1.92 bits per heavy atom.